The number of hydrogen-bond donors (Lipinski definition) is 3. The molecular weight excluding hydrogens is 400 g/mol. The summed E-state index contributed by atoms with van der Waals surface area (Å²) in [5, 5.41) is 13.5. The molecule has 32 heavy (non-hydrogen) atoms. The fraction of sp³-hybridized carbons (Fsp3) is 0.462. The number of carbonyl (C=O) groups is 1. The van der Waals surface area contributed by atoms with E-state index in [1.165, 1.54) is 5.56 Å². The van der Waals surface area contributed by atoms with Gasteiger partial charge in [0, 0.05) is 6.54 Å². The van der Waals surface area contributed by atoms with Crippen LogP contribution >= 0.6 is 0 Å². The number of nitrogens with one attached hydrogen (secondary N) is 1. The van der Waals surface area contributed by atoms with Gasteiger partial charge in [0.15, 0.2) is 5.96 Å². The van der Waals surface area contributed by atoms with Crippen molar-refractivity contribution < 1.29 is 9.90 Å². The third kappa shape index (κ3) is 6.40. The summed E-state index contributed by atoms with van der Waals surface area (Å²) in [5.74, 6) is 0.602. The number of carbonyl (C=O) groups excluding carboxylic acids is 1. The maximum absolute atomic E-state index is 13.0. The number of nitrogens with two attached hydrogens (primary N) is 1. The number of aliphatic imine (C=N–C) groups is 1. The Morgan fingerprint density at radius 1 is 1.09 bits per heavy atom. The Hall–Kier alpha value is -2.70. The average molecular weight is 437 g/mol. The highest BCUT2D eigenvalue weighted by Gasteiger charge is 2.43. The van der Waals surface area contributed by atoms with E-state index in [1.807, 2.05) is 49.4 Å². The van der Waals surface area contributed by atoms with Crippen molar-refractivity contribution in [3.63, 3.8) is 0 Å². The largest absolute Gasteiger partial charge is 0.379 e. The second-order valence-electron chi connectivity index (χ2n) is 9.33. The van der Waals surface area contributed by atoms with E-state index in [9.17, 15) is 9.90 Å². The number of aliphatic hydroxyl groups excluding tert-OH is 1. The van der Waals surface area contributed by atoms with E-state index in [1.54, 1.807) is 4.90 Å². The van der Waals surface area contributed by atoms with E-state index in [2.05, 4.69) is 36.3 Å². The van der Waals surface area contributed by atoms with Crippen LogP contribution in [0.15, 0.2) is 59.6 Å². The molecule has 0 radical (unpaired) electrons. The molecule has 0 bridgehead atoms. The van der Waals surface area contributed by atoms with Crippen LogP contribution in [0.2, 0.25) is 0 Å². The van der Waals surface area contributed by atoms with Gasteiger partial charge in [0.05, 0.1) is 6.54 Å². The molecule has 2 unspecified atom stereocenters. The van der Waals surface area contributed by atoms with Gasteiger partial charge in [0.25, 0.3) is 5.91 Å². The topological polar surface area (TPSA) is 90.9 Å². The Morgan fingerprint density at radius 3 is 2.50 bits per heavy atom. The average Bonchev–Trinajstić information content (AvgIpc) is 2.95. The third-order valence-corrected chi connectivity index (χ3v) is 5.81. The predicted octanol–water partition coefficient (Wildman–Crippen LogP) is 3.58. The monoisotopic (exact) mass is 436 g/mol. The highest BCUT2D eigenvalue weighted by Crippen LogP contribution is 2.29. The third-order valence-electron chi connectivity index (χ3n) is 5.81. The standard InChI is InChI=1S/C26H36N4O2/c1-19(2)16-26(3)24(32)30(25(27)29-26)18-22-13-7-12-21(15-22)17-28-23(31)14-8-11-20-9-5-4-6-10-20/h4-7,9-10,12-13,15,19,23,28,31H,8,11,14,16-18H2,1-3H3,(H2,27,29). The van der Waals surface area contributed by atoms with Crippen molar-refractivity contribution in [1.29, 1.82) is 0 Å². The van der Waals surface area contributed by atoms with Crippen LogP contribution in [0.4, 0.5) is 0 Å². The van der Waals surface area contributed by atoms with Crippen molar-refractivity contribution in [2.45, 2.75) is 71.3 Å². The Morgan fingerprint density at radius 2 is 1.78 bits per heavy atom. The fourth-order valence-electron chi connectivity index (χ4n) is 4.34. The lowest BCUT2D eigenvalue weighted by molar-refractivity contribution is -0.131. The summed E-state index contributed by atoms with van der Waals surface area (Å²) in [7, 11) is 0. The number of rotatable bonds is 11. The van der Waals surface area contributed by atoms with Gasteiger partial charge in [0.2, 0.25) is 0 Å². The van der Waals surface area contributed by atoms with Gasteiger partial charge in [0.1, 0.15) is 11.8 Å². The quantitative estimate of drug-likeness (QED) is 0.470. The van der Waals surface area contributed by atoms with E-state index < -0.39 is 11.8 Å². The van der Waals surface area contributed by atoms with Crippen LogP contribution in [0.1, 0.15) is 56.7 Å². The van der Waals surface area contributed by atoms with Gasteiger partial charge < -0.3 is 10.8 Å². The highest BCUT2D eigenvalue weighted by molar-refractivity contribution is 6.06. The summed E-state index contributed by atoms with van der Waals surface area (Å²) in [6.45, 7) is 6.99. The molecule has 0 aromatic heterocycles. The number of benzene rings is 2. The molecule has 2 atom stereocenters. The minimum atomic E-state index is -0.777. The lowest BCUT2D eigenvalue weighted by Gasteiger charge is -2.23. The Balaban J connectivity index is 1.50. The molecule has 3 rings (SSSR count). The molecule has 4 N–H and O–H groups in total. The van der Waals surface area contributed by atoms with Crippen LogP contribution < -0.4 is 11.1 Å². The van der Waals surface area contributed by atoms with Crippen LogP contribution in [-0.4, -0.2) is 33.6 Å². The first-order valence-electron chi connectivity index (χ1n) is 11.5. The molecular formula is C26H36N4O2. The first-order chi connectivity index (χ1) is 15.3. The maximum atomic E-state index is 13.0. The first-order valence-corrected chi connectivity index (χ1v) is 11.5. The Labute approximate surface area is 191 Å². The summed E-state index contributed by atoms with van der Waals surface area (Å²) in [4.78, 5) is 19.0. The molecule has 1 aliphatic heterocycles. The number of aliphatic hydroxyl groups is 1. The van der Waals surface area contributed by atoms with E-state index in [0.717, 1.165) is 24.0 Å². The molecule has 6 nitrogen and oxygen atoms in total. The van der Waals surface area contributed by atoms with Crippen LogP contribution in [0.3, 0.4) is 0 Å². The molecule has 1 heterocycles. The lowest BCUT2D eigenvalue weighted by atomic mass is 9.91. The van der Waals surface area contributed by atoms with Gasteiger partial charge in [-0.25, -0.2) is 4.99 Å². The Bertz CT molecular complexity index is 928. The number of amides is 1. The van der Waals surface area contributed by atoms with Crippen LogP contribution in [0, 0.1) is 5.92 Å². The molecule has 2 aromatic rings. The van der Waals surface area contributed by atoms with Crippen molar-refractivity contribution in [3.8, 4) is 0 Å². The van der Waals surface area contributed by atoms with Crippen molar-refractivity contribution in [1.82, 2.24) is 10.2 Å². The molecule has 0 aliphatic carbocycles. The molecule has 0 spiro atoms. The molecule has 0 fully saturated rings. The summed E-state index contributed by atoms with van der Waals surface area (Å²) in [6, 6.07) is 18.3. The van der Waals surface area contributed by atoms with Crippen molar-refractivity contribution in [2.75, 3.05) is 0 Å². The van der Waals surface area contributed by atoms with Crippen molar-refractivity contribution >= 4 is 11.9 Å². The van der Waals surface area contributed by atoms with Crippen molar-refractivity contribution in [3.05, 3.63) is 71.3 Å². The van der Waals surface area contributed by atoms with Gasteiger partial charge in [-0.3, -0.25) is 15.0 Å². The van der Waals surface area contributed by atoms with E-state index in [-0.39, 0.29) is 11.9 Å². The fourth-order valence-corrected chi connectivity index (χ4v) is 4.34. The van der Waals surface area contributed by atoms with Crippen LogP contribution in [-0.2, 0) is 24.3 Å². The molecule has 172 valence electrons. The minimum Gasteiger partial charge on any atom is -0.379 e. The minimum absolute atomic E-state index is 0.0407. The summed E-state index contributed by atoms with van der Waals surface area (Å²) >= 11 is 0. The first kappa shape index (κ1) is 24.0. The highest BCUT2D eigenvalue weighted by atomic mass is 16.3. The smallest absolute Gasteiger partial charge is 0.257 e. The molecule has 1 amide bonds. The van der Waals surface area contributed by atoms with Gasteiger partial charge in [-0.15, -0.1) is 0 Å². The summed E-state index contributed by atoms with van der Waals surface area (Å²) in [5.41, 5.74) is 8.66. The van der Waals surface area contributed by atoms with Crippen LogP contribution in [0.25, 0.3) is 0 Å². The Kier molecular flexibility index (Phi) is 8.04. The van der Waals surface area contributed by atoms with E-state index in [4.69, 9.17) is 5.73 Å². The van der Waals surface area contributed by atoms with E-state index >= 15 is 0 Å². The zero-order valence-corrected chi connectivity index (χ0v) is 19.4. The zero-order chi connectivity index (χ0) is 23.1. The molecule has 0 saturated carbocycles. The number of hydrogen-bond acceptors (Lipinski definition) is 5. The second-order valence-corrected chi connectivity index (χ2v) is 9.33. The van der Waals surface area contributed by atoms with Gasteiger partial charge >= 0.3 is 0 Å². The van der Waals surface area contributed by atoms with Gasteiger partial charge in [-0.1, -0.05) is 68.4 Å². The number of nitrogens with zero attached hydrogens (tertiary/aromatic N) is 2. The van der Waals surface area contributed by atoms with Crippen LogP contribution in [0.5, 0.6) is 0 Å². The van der Waals surface area contributed by atoms with Gasteiger partial charge in [-0.05, 0) is 55.2 Å². The number of guanidine groups is 1. The zero-order valence-electron chi connectivity index (χ0n) is 19.4. The maximum Gasteiger partial charge on any atom is 0.257 e. The molecule has 2 aromatic carbocycles. The summed E-state index contributed by atoms with van der Waals surface area (Å²) < 4.78 is 0. The normalized spacial score (nSPS) is 19.5. The molecule has 6 heteroatoms. The lowest BCUT2D eigenvalue weighted by Crippen LogP contribution is -2.43. The van der Waals surface area contributed by atoms with E-state index in [0.29, 0.717) is 31.8 Å². The predicted molar refractivity (Wildman–Crippen MR) is 129 cm³/mol. The van der Waals surface area contributed by atoms with Crippen molar-refractivity contribution in [2.24, 2.45) is 16.6 Å². The molecule has 0 saturated heterocycles. The summed E-state index contributed by atoms with van der Waals surface area (Å²) in [6.07, 6.45) is 2.69. The molecule has 1 aliphatic rings. The second kappa shape index (κ2) is 10.7. The number of aryl methyl sites for hydroxylation is 1. The SMILES string of the molecule is CC(C)CC1(C)N=C(N)N(Cc2cccc(CNC(O)CCCc3ccccc3)c2)C1=O. The van der Waals surface area contributed by atoms with Gasteiger partial charge in [-0.2, -0.15) is 0 Å².